The summed E-state index contributed by atoms with van der Waals surface area (Å²) in [7, 11) is 6.33. The number of hydrogen-bond donors (Lipinski definition) is 0. The zero-order chi connectivity index (χ0) is 11.1. The van der Waals surface area contributed by atoms with Crippen LogP contribution in [0, 0.1) is 23.7 Å². The monoisotopic (exact) mass is 256 g/mol. The molecule has 0 aromatic rings. The van der Waals surface area contributed by atoms with Gasteiger partial charge in [-0.05, 0) is 60.7 Å². The van der Waals surface area contributed by atoms with Crippen LogP contribution in [0.15, 0.2) is 0 Å². The van der Waals surface area contributed by atoms with Gasteiger partial charge in [-0.2, -0.15) is 0 Å². The van der Waals surface area contributed by atoms with Crippen LogP contribution in [-0.2, 0) is 0 Å². The summed E-state index contributed by atoms with van der Waals surface area (Å²) in [6.07, 6.45) is 12.2. The van der Waals surface area contributed by atoms with Gasteiger partial charge in [0.25, 0.3) is 0 Å². The molecule has 0 aromatic heterocycles. The summed E-state index contributed by atoms with van der Waals surface area (Å²) in [6, 6.07) is 0. The Bertz CT molecular complexity index is 229. The molecule has 0 amide bonds. The average molecular weight is 256 g/mol. The highest BCUT2D eigenvalue weighted by Crippen LogP contribution is 2.52. The first-order chi connectivity index (χ1) is 7.75. The van der Waals surface area contributed by atoms with Crippen LogP contribution in [0.3, 0.4) is 0 Å². The van der Waals surface area contributed by atoms with Crippen LogP contribution >= 0.6 is 18.5 Å². The van der Waals surface area contributed by atoms with Crippen molar-refractivity contribution in [3.05, 3.63) is 0 Å². The molecule has 0 aliphatic heterocycles. The van der Waals surface area contributed by atoms with E-state index in [1.807, 2.05) is 0 Å². The molecule has 0 spiro atoms. The third-order valence-corrected chi connectivity index (χ3v) is 7.34. The van der Waals surface area contributed by atoms with Gasteiger partial charge in [-0.1, -0.05) is 25.7 Å². The third kappa shape index (κ3) is 2.10. The molecule has 0 bridgehead atoms. The maximum atomic E-state index is 3.16. The average Bonchev–Trinajstić information content (AvgIpc) is 2.28. The van der Waals surface area contributed by atoms with Gasteiger partial charge >= 0.3 is 0 Å². The van der Waals surface area contributed by atoms with E-state index in [4.69, 9.17) is 0 Å². The highest BCUT2D eigenvalue weighted by molar-refractivity contribution is 7.17. The Morgan fingerprint density at radius 1 is 0.625 bits per heavy atom. The fourth-order valence-corrected chi connectivity index (χ4v) is 6.22. The van der Waals surface area contributed by atoms with Gasteiger partial charge < -0.3 is 0 Å². The minimum atomic E-state index is 0.943. The Hall–Kier alpha value is 0.860. The van der Waals surface area contributed by atoms with E-state index in [0.717, 1.165) is 35.0 Å². The van der Waals surface area contributed by atoms with Gasteiger partial charge in [-0.15, -0.1) is 18.5 Å². The molecule has 3 rings (SSSR count). The molecule has 8 unspecified atom stereocenters. The lowest BCUT2D eigenvalue weighted by Gasteiger charge is -2.50. The summed E-state index contributed by atoms with van der Waals surface area (Å²) in [4.78, 5) is 0. The maximum absolute atomic E-state index is 3.16. The van der Waals surface area contributed by atoms with Gasteiger partial charge in [0.1, 0.15) is 0 Å². The fourth-order valence-electron chi connectivity index (χ4n) is 4.81. The molecule has 16 heavy (non-hydrogen) atoms. The lowest BCUT2D eigenvalue weighted by Crippen LogP contribution is -2.43. The molecular formula is C14H26P2. The lowest BCUT2D eigenvalue weighted by molar-refractivity contribution is 0.0591. The Balaban J connectivity index is 1.74. The van der Waals surface area contributed by atoms with Gasteiger partial charge in [0.15, 0.2) is 0 Å². The normalized spacial score (nSPS) is 52.9. The van der Waals surface area contributed by atoms with E-state index < -0.39 is 0 Å². The van der Waals surface area contributed by atoms with Crippen molar-refractivity contribution in [2.24, 2.45) is 23.7 Å². The van der Waals surface area contributed by atoms with Gasteiger partial charge in [0.2, 0.25) is 0 Å². The highest BCUT2D eigenvalue weighted by atomic mass is 31.0. The van der Waals surface area contributed by atoms with Crippen LogP contribution in [0.25, 0.3) is 0 Å². The summed E-state index contributed by atoms with van der Waals surface area (Å²) < 4.78 is 0. The van der Waals surface area contributed by atoms with E-state index in [1.54, 1.807) is 25.7 Å². The molecule has 3 fully saturated rings. The number of fused-ring (bicyclic) bond motifs is 2. The van der Waals surface area contributed by atoms with E-state index in [-0.39, 0.29) is 0 Å². The van der Waals surface area contributed by atoms with Gasteiger partial charge in [0, 0.05) is 0 Å². The van der Waals surface area contributed by atoms with Crippen molar-refractivity contribution in [1.29, 1.82) is 0 Å². The summed E-state index contributed by atoms with van der Waals surface area (Å²) in [5.74, 6) is 4.29. The highest BCUT2D eigenvalue weighted by Gasteiger charge is 2.43. The summed E-state index contributed by atoms with van der Waals surface area (Å²) >= 11 is 0. The van der Waals surface area contributed by atoms with Crippen molar-refractivity contribution in [2.45, 2.75) is 62.7 Å². The van der Waals surface area contributed by atoms with Crippen LogP contribution in [-0.4, -0.2) is 11.3 Å². The van der Waals surface area contributed by atoms with Gasteiger partial charge in [-0.3, -0.25) is 0 Å². The van der Waals surface area contributed by atoms with Gasteiger partial charge in [-0.25, -0.2) is 0 Å². The molecule has 2 heteroatoms. The summed E-state index contributed by atoms with van der Waals surface area (Å²) in [6.45, 7) is 0. The third-order valence-electron chi connectivity index (χ3n) is 5.69. The quantitative estimate of drug-likeness (QED) is 0.572. The molecule has 3 saturated carbocycles. The van der Waals surface area contributed by atoms with E-state index in [9.17, 15) is 0 Å². The molecule has 3 aliphatic carbocycles. The topological polar surface area (TPSA) is 0 Å². The number of rotatable bonds is 0. The van der Waals surface area contributed by atoms with Crippen LogP contribution < -0.4 is 0 Å². The van der Waals surface area contributed by atoms with E-state index in [0.29, 0.717) is 0 Å². The predicted molar refractivity (Wildman–Crippen MR) is 77.9 cm³/mol. The second-order valence-corrected chi connectivity index (χ2v) is 8.22. The first-order valence-corrected chi connectivity index (χ1v) is 8.60. The molecule has 8 atom stereocenters. The molecule has 0 heterocycles. The second kappa shape index (κ2) is 4.85. The first-order valence-electron chi connectivity index (χ1n) is 7.27. The molecule has 0 nitrogen and oxygen atoms in total. The van der Waals surface area contributed by atoms with Crippen LogP contribution in [0.1, 0.15) is 51.4 Å². The Labute approximate surface area is 105 Å². The molecular weight excluding hydrogens is 230 g/mol. The van der Waals surface area contributed by atoms with Crippen molar-refractivity contribution in [1.82, 2.24) is 0 Å². The molecule has 0 aromatic carbocycles. The molecule has 0 N–H and O–H groups in total. The Morgan fingerprint density at radius 3 is 1.62 bits per heavy atom. The SMILES string of the molecule is PC1CCCC2CC3CCCC(P)C3CC12. The fraction of sp³-hybridized carbons (Fsp3) is 1.00. The number of hydrogen-bond acceptors (Lipinski definition) is 0. The van der Waals surface area contributed by atoms with Crippen molar-refractivity contribution in [3.63, 3.8) is 0 Å². The molecule has 3 aliphatic rings. The Morgan fingerprint density at radius 2 is 1.12 bits per heavy atom. The minimum absolute atomic E-state index is 0.943. The van der Waals surface area contributed by atoms with Crippen molar-refractivity contribution < 1.29 is 0 Å². The molecule has 92 valence electrons. The van der Waals surface area contributed by atoms with Crippen molar-refractivity contribution >= 4 is 18.5 Å². The van der Waals surface area contributed by atoms with Crippen LogP contribution in [0.5, 0.6) is 0 Å². The van der Waals surface area contributed by atoms with E-state index in [2.05, 4.69) is 18.5 Å². The molecule has 0 radical (unpaired) electrons. The van der Waals surface area contributed by atoms with E-state index >= 15 is 0 Å². The zero-order valence-corrected chi connectivity index (χ0v) is 12.6. The smallest absolute Gasteiger partial charge is 0.0233 e. The van der Waals surface area contributed by atoms with Crippen molar-refractivity contribution in [2.75, 3.05) is 0 Å². The van der Waals surface area contributed by atoms with Crippen molar-refractivity contribution in [3.8, 4) is 0 Å². The Kier molecular flexibility index (Phi) is 3.62. The summed E-state index contributed by atoms with van der Waals surface area (Å²) in [5, 5.41) is 0. The molecule has 0 saturated heterocycles. The standard InChI is InChI=1S/C14H26P2/c15-13-5-1-3-9-7-10-4-2-6-14(16)12(10)8-11(9)13/h9-14H,1-8,15-16H2. The minimum Gasteiger partial charge on any atom is -0.134 e. The predicted octanol–water partition coefficient (Wildman–Crippen LogP) is 4.10. The van der Waals surface area contributed by atoms with Crippen LogP contribution in [0.2, 0.25) is 0 Å². The van der Waals surface area contributed by atoms with Crippen LogP contribution in [0.4, 0.5) is 0 Å². The first kappa shape index (κ1) is 11.9. The van der Waals surface area contributed by atoms with Gasteiger partial charge in [0.05, 0.1) is 0 Å². The zero-order valence-electron chi connectivity index (χ0n) is 10.3. The maximum Gasteiger partial charge on any atom is -0.0233 e. The summed E-state index contributed by atoms with van der Waals surface area (Å²) in [5.41, 5.74) is 1.89. The second-order valence-electron chi connectivity index (χ2n) is 6.51. The van der Waals surface area contributed by atoms with E-state index in [1.165, 1.54) is 25.7 Å². The largest absolute Gasteiger partial charge is 0.134 e. The lowest BCUT2D eigenvalue weighted by atomic mass is 9.59.